The molecule has 2 N–H and O–H groups in total. The Morgan fingerprint density at radius 3 is 2.18 bits per heavy atom. The molecule has 0 fully saturated rings. The standard InChI is InChI=1S/C27H29NO4S/c1-21-14-17-24(18-15-21)33(31,32)28-20-8-13-25(27(30)23-11-6-3-7-12-23)26(29)19-16-22-9-4-2-5-10-22/h2-15,17-18,25-26,28-29H,16,19-20H2,1H3/b13-8+/t25-,26+/m0/s1. The maximum atomic E-state index is 13.1. The number of carbonyl (C=O) groups excluding carboxylic acids is 1. The van der Waals surface area contributed by atoms with Gasteiger partial charge in [-0.3, -0.25) is 4.79 Å². The van der Waals surface area contributed by atoms with E-state index in [0.29, 0.717) is 18.4 Å². The average Bonchev–Trinajstić information content (AvgIpc) is 2.83. The monoisotopic (exact) mass is 463 g/mol. The van der Waals surface area contributed by atoms with Crippen LogP contribution in [-0.4, -0.2) is 32.0 Å². The van der Waals surface area contributed by atoms with Crippen molar-refractivity contribution in [2.75, 3.05) is 6.54 Å². The molecular weight excluding hydrogens is 434 g/mol. The van der Waals surface area contributed by atoms with E-state index in [1.807, 2.05) is 43.3 Å². The summed E-state index contributed by atoms with van der Waals surface area (Å²) in [7, 11) is -3.66. The molecule has 0 aromatic heterocycles. The quantitative estimate of drug-likeness (QED) is 0.328. The Labute approximate surface area is 195 Å². The Kier molecular flexibility index (Phi) is 8.72. The number of benzene rings is 3. The maximum absolute atomic E-state index is 13.1. The van der Waals surface area contributed by atoms with Crippen LogP contribution in [0.15, 0.2) is 102 Å². The number of hydrogen-bond acceptors (Lipinski definition) is 4. The van der Waals surface area contributed by atoms with Crippen LogP contribution in [0.3, 0.4) is 0 Å². The van der Waals surface area contributed by atoms with Gasteiger partial charge in [-0.1, -0.05) is 90.5 Å². The van der Waals surface area contributed by atoms with Crippen LogP contribution in [0, 0.1) is 12.8 Å². The Morgan fingerprint density at radius 2 is 1.55 bits per heavy atom. The molecule has 0 radical (unpaired) electrons. The topological polar surface area (TPSA) is 83.5 Å². The molecule has 172 valence electrons. The van der Waals surface area contributed by atoms with Crippen molar-refractivity contribution in [2.45, 2.75) is 30.8 Å². The molecule has 0 aliphatic rings. The zero-order chi connectivity index (χ0) is 23.7. The normalized spacial score (nSPS) is 13.6. The SMILES string of the molecule is Cc1ccc(S(=O)(=O)NC/C=C/[C@H](C(=O)c2ccccc2)[C@H](O)CCc2ccccc2)cc1. The number of ketones is 1. The van der Waals surface area contributed by atoms with Gasteiger partial charge in [0.25, 0.3) is 0 Å². The first-order valence-corrected chi connectivity index (χ1v) is 12.4. The number of aliphatic hydroxyl groups excluding tert-OH is 1. The maximum Gasteiger partial charge on any atom is 0.240 e. The molecule has 6 heteroatoms. The molecule has 0 aliphatic carbocycles. The molecule has 3 aromatic rings. The lowest BCUT2D eigenvalue weighted by atomic mass is 9.89. The third-order valence-corrected chi connectivity index (χ3v) is 6.85. The zero-order valence-corrected chi connectivity index (χ0v) is 19.4. The minimum Gasteiger partial charge on any atom is -0.392 e. The number of Topliss-reactive ketones (excluding diaryl/α,β-unsaturated/α-hetero) is 1. The van der Waals surface area contributed by atoms with Crippen LogP contribution >= 0.6 is 0 Å². The van der Waals surface area contributed by atoms with Gasteiger partial charge in [-0.05, 0) is 37.5 Å². The summed E-state index contributed by atoms with van der Waals surface area (Å²) >= 11 is 0. The number of sulfonamides is 1. The van der Waals surface area contributed by atoms with E-state index in [4.69, 9.17) is 0 Å². The van der Waals surface area contributed by atoms with Gasteiger partial charge in [-0.2, -0.15) is 0 Å². The summed E-state index contributed by atoms with van der Waals surface area (Å²) in [6.45, 7) is 1.90. The van der Waals surface area contributed by atoms with E-state index in [1.165, 1.54) is 0 Å². The number of rotatable bonds is 11. The van der Waals surface area contributed by atoms with Crippen molar-refractivity contribution in [2.24, 2.45) is 5.92 Å². The Hall–Kier alpha value is -3.06. The van der Waals surface area contributed by atoms with Gasteiger partial charge in [0.2, 0.25) is 10.0 Å². The van der Waals surface area contributed by atoms with Crippen molar-refractivity contribution in [1.82, 2.24) is 4.72 Å². The van der Waals surface area contributed by atoms with Gasteiger partial charge < -0.3 is 5.11 Å². The molecule has 33 heavy (non-hydrogen) atoms. The molecule has 0 unspecified atom stereocenters. The first-order chi connectivity index (χ1) is 15.9. The van der Waals surface area contributed by atoms with Crippen molar-refractivity contribution >= 4 is 15.8 Å². The van der Waals surface area contributed by atoms with Crippen molar-refractivity contribution in [3.63, 3.8) is 0 Å². The molecule has 0 saturated carbocycles. The third kappa shape index (κ3) is 7.22. The summed E-state index contributed by atoms with van der Waals surface area (Å²) in [5.41, 5.74) is 2.56. The molecule has 0 amide bonds. The summed E-state index contributed by atoms with van der Waals surface area (Å²) < 4.78 is 27.5. The van der Waals surface area contributed by atoms with E-state index in [0.717, 1.165) is 11.1 Å². The van der Waals surface area contributed by atoms with Crippen molar-refractivity contribution < 1.29 is 18.3 Å². The van der Waals surface area contributed by atoms with Crippen LogP contribution in [0.2, 0.25) is 0 Å². The second-order valence-corrected chi connectivity index (χ2v) is 9.71. The largest absolute Gasteiger partial charge is 0.392 e. The van der Waals surface area contributed by atoms with Gasteiger partial charge in [0, 0.05) is 12.1 Å². The highest BCUT2D eigenvalue weighted by Crippen LogP contribution is 2.19. The van der Waals surface area contributed by atoms with Crippen molar-refractivity contribution in [3.05, 3.63) is 114 Å². The van der Waals surface area contributed by atoms with Gasteiger partial charge in [-0.25, -0.2) is 13.1 Å². The van der Waals surface area contributed by atoms with Crippen molar-refractivity contribution in [3.8, 4) is 0 Å². The van der Waals surface area contributed by atoms with Gasteiger partial charge in [-0.15, -0.1) is 0 Å². The molecule has 0 aliphatic heterocycles. The lowest BCUT2D eigenvalue weighted by Crippen LogP contribution is -2.28. The van der Waals surface area contributed by atoms with Gasteiger partial charge >= 0.3 is 0 Å². The number of nitrogens with one attached hydrogen (secondary N) is 1. The van der Waals surface area contributed by atoms with Gasteiger partial charge in [0.1, 0.15) is 0 Å². The minimum absolute atomic E-state index is 0.0141. The molecule has 5 nitrogen and oxygen atoms in total. The van der Waals surface area contributed by atoms with E-state index in [9.17, 15) is 18.3 Å². The van der Waals surface area contributed by atoms with E-state index in [1.54, 1.807) is 60.7 Å². The van der Waals surface area contributed by atoms with Crippen LogP contribution in [0.25, 0.3) is 0 Å². The summed E-state index contributed by atoms with van der Waals surface area (Å²) in [5.74, 6) is -0.978. The Balaban J connectivity index is 1.69. The average molecular weight is 464 g/mol. The first-order valence-electron chi connectivity index (χ1n) is 10.9. The highest BCUT2D eigenvalue weighted by Gasteiger charge is 2.25. The molecule has 3 aromatic carbocycles. The molecule has 0 saturated heterocycles. The predicted molar refractivity (Wildman–Crippen MR) is 131 cm³/mol. The summed E-state index contributed by atoms with van der Waals surface area (Å²) in [6.07, 6.45) is 3.33. The molecule has 3 rings (SSSR count). The van der Waals surface area contributed by atoms with Gasteiger partial charge in [0.05, 0.1) is 16.9 Å². The van der Waals surface area contributed by atoms with Crippen LogP contribution < -0.4 is 4.72 Å². The fourth-order valence-corrected chi connectivity index (χ4v) is 4.47. The van der Waals surface area contributed by atoms with Crippen LogP contribution in [-0.2, 0) is 16.4 Å². The third-order valence-electron chi connectivity index (χ3n) is 5.41. The minimum atomic E-state index is -3.66. The zero-order valence-electron chi connectivity index (χ0n) is 18.6. The molecule has 0 bridgehead atoms. The second-order valence-electron chi connectivity index (χ2n) is 7.94. The van der Waals surface area contributed by atoms with E-state index >= 15 is 0 Å². The fourth-order valence-electron chi connectivity index (χ4n) is 3.50. The number of aliphatic hydroxyl groups is 1. The number of carbonyl (C=O) groups is 1. The second kappa shape index (κ2) is 11.7. The Morgan fingerprint density at radius 1 is 0.939 bits per heavy atom. The number of aryl methyl sites for hydroxylation is 2. The van der Waals surface area contributed by atoms with Crippen LogP contribution in [0.4, 0.5) is 0 Å². The van der Waals surface area contributed by atoms with E-state index < -0.39 is 22.0 Å². The molecular formula is C27H29NO4S. The first kappa shape index (κ1) is 24.6. The number of hydrogen-bond donors (Lipinski definition) is 2. The fraction of sp³-hybridized carbons (Fsp3) is 0.222. The van der Waals surface area contributed by atoms with Crippen molar-refractivity contribution in [1.29, 1.82) is 0 Å². The molecule has 2 atom stereocenters. The predicted octanol–water partition coefficient (Wildman–Crippen LogP) is 4.32. The highest BCUT2D eigenvalue weighted by atomic mass is 32.2. The summed E-state index contributed by atoms with van der Waals surface area (Å²) in [4.78, 5) is 13.3. The molecule has 0 spiro atoms. The van der Waals surface area contributed by atoms with E-state index in [2.05, 4.69) is 4.72 Å². The molecule has 0 heterocycles. The highest BCUT2D eigenvalue weighted by molar-refractivity contribution is 7.89. The van der Waals surface area contributed by atoms with Crippen LogP contribution in [0.1, 0.15) is 27.9 Å². The summed E-state index contributed by atoms with van der Waals surface area (Å²) in [5, 5.41) is 10.9. The lowest BCUT2D eigenvalue weighted by Gasteiger charge is -2.19. The Bertz CT molecular complexity index is 1160. The summed E-state index contributed by atoms with van der Waals surface area (Å²) in [6, 6.07) is 25.2. The van der Waals surface area contributed by atoms with E-state index in [-0.39, 0.29) is 17.2 Å². The van der Waals surface area contributed by atoms with Gasteiger partial charge in [0.15, 0.2) is 5.78 Å². The smallest absolute Gasteiger partial charge is 0.240 e. The van der Waals surface area contributed by atoms with Crippen LogP contribution in [0.5, 0.6) is 0 Å². The lowest BCUT2D eigenvalue weighted by molar-refractivity contribution is 0.0745.